The number of amides is 1. The lowest BCUT2D eigenvalue weighted by Gasteiger charge is -2.11. The molecule has 0 saturated carbocycles. The first-order valence-electron chi connectivity index (χ1n) is 8.10. The van der Waals surface area contributed by atoms with Gasteiger partial charge in [0.2, 0.25) is 5.89 Å². The third-order valence-electron chi connectivity index (χ3n) is 4.00. The molecule has 0 aliphatic carbocycles. The van der Waals surface area contributed by atoms with Crippen molar-refractivity contribution in [3.63, 3.8) is 0 Å². The molecule has 0 bridgehead atoms. The fourth-order valence-electron chi connectivity index (χ4n) is 2.68. The molecule has 2 aromatic heterocycles. The lowest BCUT2D eigenvalue weighted by molar-refractivity contribution is 0.102. The fourth-order valence-corrected chi connectivity index (χ4v) is 2.84. The molecule has 134 valence electrons. The maximum absolute atomic E-state index is 12.6. The molecule has 0 aliphatic rings. The minimum Gasteiger partial charge on any atom is -0.496 e. The quantitative estimate of drug-likeness (QED) is 0.551. The summed E-state index contributed by atoms with van der Waals surface area (Å²) in [4.78, 5) is 21.1. The topological polar surface area (TPSA) is 77.2 Å². The van der Waals surface area contributed by atoms with Crippen LogP contribution in [0.3, 0.4) is 0 Å². The number of fused-ring (bicyclic) bond motifs is 1. The van der Waals surface area contributed by atoms with Gasteiger partial charge in [0, 0.05) is 17.8 Å². The number of para-hydroxylation sites is 1. The second-order valence-electron chi connectivity index (χ2n) is 5.71. The molecular formula is C20H14ClN3O3. The third-order valence-corrected chi connectivity index (χ3v) is 4.33. The van der Waals surface area contributed by atoms with E-state index < -0.39 is 0 Å². The summed E-state index contributed by atoms with van der Waals surface area (Å²) in [6, 6.07) is 13.9. The Morgan fingerprint density at radius 2 is 2.04 bits per heavy atom. The predicted molar refractivity (Wildman–Crippen MR) is 103 cm³/mol. The third kappa shape index (κ3) is 3.35. The minimum absolute atomic E-state index is 0.326. The molecule has 0 spiro atoms. The molecule has 4 aromatic rings. The van der Waals surface area contributed by atoms with Gasteiger partial charge in [-0.15, -0.1) is 0 Å². The van der Waals surface area contributed by atoms with Gasteiger partial charge in [-0.05, 0) is 30.3 Å². The summed E-state index contributed by atoms with van der Waals surface area (Å²) in [5.74, 6) is 0.574. The second kappa shape index (κ2) is 7.09. The number of halogens is 1. The number of carbonyl (C=O) groups is 1. The van der Waals surface area contributed by atoms with Crippen molar-refractivity contribution in [3.8, 4) is 17.2 Å². The normalized spacial score (nSPS) is 10.7. The standard InChI is InChI=1S/C20H14ClN3O3/c1-26-17-5-3-2-4-13(17)19(25)23-15-10-12(6-7-14(15)21)20-24-16-11-22-9-8-18(16)27-20/h2-11H,1H3,(H,23,25). The van der Waals surface area contributed by atoms with Gasteiger partial charge in [-0.25, -0.2) is 4.98 Å². The van der Waals surface area contributed by atoms with Crippen LogP contribution in [-0.2, 0) is 0 Å². The Morgan fingerprint density at radius 3 is 2.85 bits per heavy atom. The van der Waals surface area contributed by atoms with Gasteiger partial charge in [-0.2, -0.15) is 0 Å². The van der Waals surface area contributed by atoms with Crippen LogP contribution < -0.4 is 10.1 Å². The highest BCUT2D eigenvalue weighted by molar-refractivity contribution is 6.34. The molecule has 0 unspecified atom stereocenters. The number of rotatable bonds is 4. The van der Waals surface area contributed by atoms with Gasteiger partial charge in [0.15, 0.2) is 5.58 Å². The van der Waals surface area contributed by atoms with E-state index in [9.17, 15) is 4.79 Å². The van der Waals surface area contributed by atoms with E-state index in [4.69, 9.17) is 20.8 Å². The lowest BCUT2D eigenvalue weighted by Crippen LogP contribution is -2.13. The van der Waals surface area contributed by atoms with Crippen molar-refractivity contribution < 1.29 is 13.9 Å². The van der Waals surface area contributed by atoms with Crippen molar-refractivity contribution in [1.82, 2.24) is 9.97 Å². The molecule has 2 aromatic carbocycles. The van der Waals surface area contributed by atoms with Crippen molar-refractivity contribution in [2.45, 2.75) is 0 Å². The summed E-state index contributed by atoms with van der Waals surface area (Å²) in [6.45, 7) is 0. The van der Waals surface area contributed by atoms with E-state index in [0.717, 1.165) is 0 Å². The monoisotopic (exact) mass is 379 g/mol. The van der Waals surface area contributed by atoms with Crippen LogP contribution in [-0.4, -0.2) is 23.0 Å². The molecule has 6 nitrogen and oxygen atoms in total. The smallest absolute Gasteiger partial charge is 0.259 e. The number of benzene rings is 2. The minimum atomic E-state index is -0.326. The zero-order chi connectivity index (χ0) is 18.8. The van der Waals surface area contributed by atoms with Crippen LogP contribution >= 0.6 is 11.6 Å². The highest BCUT2D eigenvalue weighted by Gasteiger charge is 2.15. The van der Waals surface area contributed by atoms with Crippen LogP contribution in [0.2, 0.25) is 5.02 Å². The van der Waals surface area contributed by atoms with Crippen molar-refractivity contribution in [3.05, 3.63) is 71.5 Å². The molecule has 1 amide bonds. The predicted octanol–water partition coefficient (Wildman–Crippen LogP) is 4.80. The lowest BCUT2D eigenvalue weighted by atomic mass is 10.1. The number of hydrogen-bond acceptors (Lipinski definition) is 5. The molecule has 7 heteroatoms. The number of nitrogens with zero attached hydrogens (tertiary/aromatic N) is 2. The maximum atomic E-state index is 12.6. The Kier molecular flexibility index (Phi) is 4.48. The number of oxazole rings is 1. The number of ether oxygens (including phenoxy) is 1. The second-order valence-corrected chi connectivity index (χ2v) is 6.12. The average Bonchev–Trinajstić information content (AvgIpc) is 3.13. The SMILES string of the molecule is COc1ccccc1C(=O)Nc1cc(-c2nc3cnccc3o2)ccc1Cl. The molecule has 0 fully saturated rings. The number of nitrogens with one attached hydrogen (secondary N) is 1. The van der Waals surface area contributed by atoms with Crippen LogP contribution in [0, 0.1) is 0 Å². The first-order chi connectivity index (χ1) is 13.2. The zero-order valence-electron chi connectivity index (χ0n) is 14.3. The van der Waals surface area contributed by atoms with Gasteiger partial charge in [-0.1, -0.05) is 23.7 Å². The largest absolute Gasteiger partial charge is 0.496 e. The van der Waals surface area contributed by atoms with Crippen molar-refractivity contribution in [1.29, 1.82) is 0 Å². The number of aromatic nitrogens is 2. The Hall–Kier alpha value is -3.38. The van der Waals surface area contributed by atoms with Crippen molar-refractivity contribution in [2.24, 2.45) is 0 Å². The molecule has 2 heterocycles. The van der Waals surface area contributed by atoms with Gasteiger partial charge in [0.1, 0.15) is 11.3 Å². The summed E-state index contributed by atoms with van der Waals surface area (Å²) in [7, 11) is 1.52. The van der Waals surface area contributed by atoms with Gasteiger partial charge in [0.05, 0.1) is 29.6 Å². The van der Waals surface area contributed by atoms with E-state index in [2.05, 4.69) is 15.3 Å². The van der Waals surface area contributed by atoms with E-state index in [0.29, 0.717) is 44.6 Å². The zero-order valence-corrected chi connectivity index (χ0v) is 15.0. The summed E-state index contributed by atoms with van der Waals surface area (Å²) in [5, 5.41) is 3.22. The van der Waals surface area contributed by atoms with Gasteiger partial charge >= 0.3 is 0 Å². The van der Waals surface area contributed by atoms with Crippen molar-refractivity contribution >= 4 is 34.3 Å². The van der Waals surface area contributed by atoms with E-state index in [1.165, 1.54) is 7.11 Å². The van der Waals surface area contributed by atoms with Crippen molar-refractivity contribution in [2.75, 3.05) is 12.4 Å². The summed E-state index contributed by atoms with van der Waals surface area (Å²) >= 11 is 6.26. The van der Waals surface area contributed by atoms with E-state index in [1.54, 1.807) is 60.9 Å². The first kappa shape index (κ1) is 17.1. The highest BCUT2D eigenvalue weighted by Crippen LogP contribution is 2.31. The van der Waals surface area contributed by atoms with Crippen LogP contribution in [0.15, 0.2) is 65.3 Å². The van der Waals surface area contributed by atoms with Gasteiger partial charge in [-0.3, -0.25) is 9.78 Å². The number of carbonyl (C=O) groups excluding carboxylic acids is 1. The summed E-state index contributed by atoms with van der Waals surface area (Å²) in [5.41, 5.74) is 2.84. The summed E-state index contributed by atoms with van der Waals surface area (Å²) < 4.78 is 11.0. The van der Waals surface area contributed by atoms with E-state index in [1.807, 2.05) is 0 Å². The molecule has 0 radical (unpaired) electrons. The number of pyridine rings is 1. The van der Waals surface area contributed by atoms with Crippen LogP contribution in [0.4, 0.5) is 5.69 Å². The van der Waals surface area contributed by atoms with Crippen LogP contribution in [0.5, 0.6) is 5.75 Å². The highest BCUT2D eigenvalue weighted by atomic mass is 35.5. The molecule has 0 aliphatic heterocycles. The Labute approximate surface area is 159 Å². The Morgan fingerprint density at radius 1 is 1.19 bits per heavy atom. The molecule has 1 N–H and O–H groups in total. The maximum Gasteiger partial charge on any atom is 0.259 e. The molecular weight excluding hydrogens is 366 g/mol. The Balaban J connectivity index is 1.67. The fraction of sp³-hybridized carbons (Fsp3) is 0.0500. The number of methoxy groups -OCH3 is 1. The molecule has 0 atom stereocenters. The average molecular weight is 380 g/mol. The van der Waals surface area contributed by atoms with Crippen LogP contribution in [0.25, 0.3) is 22.6 Å². The number of hydrogen-bond donors (Lipinski definition) is 1. The molecule has 4 rings (SSSR count). The first-order valence-corrected chi connectivity index (χ1v) is 8.48. The van der Waals surface area contributed by atoms with E-state index >= 15 is 0 Å². The van der Waals surface area contributed by atoms with E-state index in [-0.39, 0.29) is 5.91 Å². The van der Waals surface area contributed by atoms with Crippen LogP contribution in [0.1, 0.15) is 10.4 Å². The summed E-state index contributed by atoms with van der Waals surface area (Å²) in [6.07, 6.45) is 3.26. The van der Waals surface area contributed by atoms with Gasteiger partial charge < -0.3 is 14.5 Å². The molecule has 27 heavy (non-hydrogen) atoms. The number of anilines is 1. The molecule has 0 saturated heterocycles. The Bertz CT molecular complexity index is 1110. The van der Waals surface area contributed by atoms with Gasteiger partial charge in [0.25, 0.3) is 5.91 Å².